The maximum atomic E-state index is 14.0. The normalized spacial score (nSPS) is 11.9. The first kappa shape index (κ1) is 30.3. The zero-order chi connectivity index (χ0) is 28.6. The highest BCUT2D eigenvalue weighted by molar-refractivity contribution is 7.92. The number of halogens is 2. The molecule has 0 heterocycles. The van der Waals surface area contributed by atoms with Crippen molar-refractivity contribution in [3.05, 3.63) is 94.0 Å². The van der Waals surface area contributed by atoms with E-state index in [2.05, 4.69) is 5.32 Å². The summed E-state index contributed by atoms with van der Waals surface area (Å²) >= 11 is 12.3. The summed E-state index contributed by atoms with van der Waals surface area (Å²) in [4.78, 5) is 28.7. The summed E-state index contributed by atoms with van der Waals surface area (Å²) in [6.45, 7) is 1.62. The van der Waals surface area contributed by atoms with Crippen molar-refractivity contribution in [1.29, 1.82) is 0 Å². The molecule has 0 aliphatic rings. The molecule has 0 radical (unpaired) electrons. The quantitative estimate of drug-likeness (QED) is 0.333. The molecular weight excluding hydrogens is 561 g/mol. The van der Waals surface area contributed by atoms with Gasteiger partial charge >= 0.3 is 0 Å². The number of nitrogens with zero attached hydrogens (tertiary/aromatic N) is 2. The van der Waals surface area contributed by atoms with Gasteiger partial charge in [0.1, 0.15) is 18.3 Å². The number of sulfonamides is 1. The van der Waals surface area contributed by atoms with Crippen LogP contribution in [-0.2, 0) is 32.6 Å². The average molecular weight is 593 g/mol. The molecule has 8 nitrogen and oxygen atoms in total. The van der Waals surface area contributed by atoms with Crippen molar-refractivity contribution in [2.24, 2.45) is 0 Å². The molecule has 0 aromatic heterocycles. The predicted octanol–water partition coefficient (Wildman–Crippen LogP) is 4.54. The first-order valence-electron chi connectivity index (χ1n) is 12.2. The number of carbonyl (C=O) groups is 2. The fourth-order valence-corrected chi connectivity index (χ4v) is 5.51. The van der Waals surface area contributed by atoms with Gasteiger partial charge in [-0.3, -0.25) is 13.9 Å². The minimum atomic E-state index is -3.94. The van der Waals surface area contributed by atoms with Gasteiger partial charge in [0.25, 0.3) is 0 Å². The summed E-state index contributed by atoms with van der Waals surface area (Å²) in [5.74, 6) is -0.349. The Hall–Kier alpha value is -3.27. The third-order valence-corrected chi connectivity index (χ3v) is 7.63. The second-order valence-corrected chi connectivity index (χ2v) is 11.6. The highest BCUT2D eigenvalue weighted by Crippen LogP contribution is 2.31. The molecule has 0 saturated carbocycles. The van der Waals surface area contributed by atoms with Gasteiger partial charge in [-0.2, -0.15) is 0 Å². The number of anilines is 1. The molecule has 1 atom stereocenters. The standard InChI is InChI=1S/C28H31Cl2N3O5S/c1-4-31-28(35)26(16-20-9-6-5-7-10-20)32(18-21-11-8-12-23(15-21)38-2)27(34)19-33(39(3,36)37)25-14-13-22(29)17-24(25)30/h5-15,17,26H,4,16,18-19H2,1-3H3,(H,31,35)/t26-/m0/s1. The minimum absolute atomic E-state index is 0.0383. The van der Waals surface area contributed by atoms with Crippen LogP contribution in [0.25, 0.3) is 0 Å². The van der Waals surface area contributed by atoms with Crippen molar-refractivity contribution in [3.8, 4) is 5.75 Å². The van der Waals surface area contributed by atoms with Gasteiger partial charge in [-0.15, -0.1) is 0 Å². The first-order chi connectivity index (χ1) is 18.5. The molecule has 3 aromatic rings. The molecule has 0 unspecified atom stereocenters. The summed E-state index contributed by atoms with van der Waals surface area (Å²) in [6, 6.07) is 19.9. The number of benzene rings is 3. The molecule has 2 amide bonds. The van der Waals surface area contributed by atoms with Gasteiger partial charge in [0.2, 0.25) is 21.8 Å². The Labute approximate surface area is 239 Å². The van der Waals surface area contributed by atoms with Crippen LogP contribution in [-0.4, -0.2) is 57.6 Å². The van der Waals surface area contributed by atoms with Crippen molar-refractivity contribution < 1.29 is 22.7 Å². The highest BCUT2D eigenvalue weighted by Gasteiger charge is 2.33. The second-order valence-electron chi connectivity index (χ2n) is 8.84. The number of amides is 2. The summed E-state index contributed by atoms with van der Waals surface area (Å²) in [7, 11) is -2.41. The van der Waals surface area contributed by atoms with Crippen molar-refractivity contribution in [3.63, 3.8) is 0 Å². The molecule has 208 valence electrons. The van der Waals surface area contributed by atoms with Gasteiger partial charge in [-0.1, -0.05) is 65.7 Å². The van der Waals surface area contributed by atoms with Crippen LogP contribution in [0.2, 0.25) is 10.0 Å². The van der Waals surface area contributed by atoms with Crippen LogP contribution in [0.4, 0.5) is 5.69 Å². The molecule has 11 heteroatoms. The number of rotatable bonds is 12. The Morgan fingerprint density at radius 3 is 2.28 bits per heavy atom. The average Bonchev–Trinajstić information content (AvgIpc) is 2.90. The second kappa shape index (κ2) is 13.7. The lowest BCUT2D eigenvalue weighted by molar-refractivity contribution is -0.140. The number of likely N-dealkylation sites (N-methyl/N-ethyl adjacent to an activating group) is 1. The van der Waals surface area contributed by atoms with E-state index in [4.69, 9.17) is 27.9 Å². The van der Waals surface area contributed by atoms with E-state index in [0.29, 0.717) is 22.9 Å². The summed E-state index contributed by atoms with van der Waals surface area (Å²) in [6.07, 6.45) is 1.21. The Balaban J connectivity index is 2.07. The van der Waals surface area contributed by atoms with Crippen LogP contribution in [0.5, 0.6) is 5.75 Å². The smallest absolute Gasteiger partial charge is 0.244 e. The van der Waals surface area contributed by atoms with E-state index in [-0.39, 0.29) is 29.6 Å². The van der Waals surface area contributed by atoms with E-state index in [9.17, 15) is 18.0 Å². The summed E-state index contributed by atoms with van der Waals surface area (Å²) < 4.78 is 31.9. The highest BCUT2D eigenvalue weighted by atomic mass is 35.5. The summed E-state index contributed by atoms with van der Waals surface area (Å²) in [5, 5.41) is 3.21. The van der Waals surface area contributed by atoms with Gasteiger partial charge < -0.3 is 15.0 Å². The molecule has 39 heavy (non-hydrogen) atoms. The maximum Gasteiger partial charge on any atom is 0.244 e. The van der Waals surface area contributed by atoms with Gasteiger partial charge in [-0.25, -0.2) is 8.42 Å². The molecule has 0 spiro atoms. The van der Waals surface area contributed by atoms with Crippen LogP contribution in [0.3, 0.4) is 0 Å². The topological polar surface area (TPSA) is 96.0 Å². The summed E-state index contributed by atoms with van der Waals surface area (Å²) in [5.41, 5.74) is 1.66. The van der Waals surface area contributed by atoms with Gasteiger partial charge in [-0.05, 0) is 48.4 Å². The van der Waals surface area contributed by atoms with Crippen LogP contribution in [0, 0.1) is 0 Å². The number of methoxy groups -OCH3 is 1. The molecule has 0 saturated heterocycles. The SMILES string of the molecule is CCNC(=O)[C@H](Cc1ccccc1)N(Cc1cccc(OC)c1)C(=O)CN(c1ccc(Cl)cc1Cl)S(C)(=O)=O. The molecule has 0 aliphatic carbocycles. The number of hydrogen-bond donors (Lipinski definition) is 1. The van der Waals surface area contributed by atoms with Crippen molar-refractivity contribution in [1.82, 2.24) is 10.2 Å². The van der Waals surface area contributed by atoms with Crippen LogP contribution >= 0.6 is 23.2 Å². The maximum absolute atomic E-state index is 14.0. The van der Waals surface area contributed by atoms with E-state index < -0.39 is 28.5 Å². The van der Waals surface area contributed by atoms with Crippen LogP contribution in [0.15, 0.2) is 72.8 Å². The van der Waals surface area contributed by atoms with Crippen LogP contribution in [0.1, 0.15) is 18.1 Å². The monoisotopic (exact) mass is 591 g/mol. The van der Waals surface area contributed by atoms with Crippen molar-refractivity contribution in [2.45, 2.75) is 25.9 Å². The molecular formula is C28H31Cl2N3O5S. The molecule has 3 rings (SSSR count). The molecule has 3 aromatic carbocycles. The Kier molecular flexibility index (Phi) is 10.6. The fourth-order valence-electron chi connectivity index (χ4n) is 4.09. The number of ether oxygens (including phenoxy) is 1. The lowest BCUT2D eigenvalue weighted by Crippen LogP contribution is -2.53. The third kappa shape index (κ3) is 8.36. The van der Waals surface area contributed by atoms with E-state index in [0.717, 1.165) is 16.1 Å². The Bertz CT molecular complexity index is 1400. The Morgan fingerprint density at radius 1 is 0.974 bits per heavy atom. The minimum Gasteiger partial charge on any atom is -0.497 e. The van der Waals surface area contributed by atoms with Crippen LogP contribution < -0.4 is 14.4 Å². The zero-order valence-corrected chi connectivity index (χ0v) is 24.3. The van der Waals surface area contributed by atoms with E-state index in [1.807, 2.05) is 36.4 Å². The third-order valence-electron chi connectivity index (χ3n) is 5.97. The number of nitrogens with one attached hydrogen (secondary N) is 1. The lowest BCUT2D eigenvalue weighted by atomic mass is 10.0. The fraction of sp³-hybridized carbons (Fsp3) is 0.286. The van der Waals surface area contributed by atoms with Crippen molar-refractivity contribution >= 4 is 50.7 Å². The molecule has 0 fully saturated rings. The van der Waals surface area contributed by atoms with Gasteiger partial charge in [0.15, 0.2) is 0 Å². The lowest BCUT2D eigenvalue weighted by Gasteiger charge is -2.33. The Morgan fingerprint density at radius 2 is 1.67 bits per heavy atom. The molecule has 0 bridgehead atoms. The number of hydrogen-bond acceptors (Lipinski definition) is 5. The predicted molar refractivity (Wildman–Crippen MR) is 155 cm³/mol. The molecule has 0 aliphatic heterocycles. The largest absolute Gasteiger partial charge is 0.497 e. The molecule has 1 N–H and O–H groups in total. The van der Waals surface area contributed by atoms with E-state index in [1.165, 1.54) is 30.2 Å². The first-order valence-corrected chi connectivity index (χ1v) is 14.8. The number of carbonyl (C=O) groups excluding carboxylic acids is 2. The zero-order valence-electron chi connectivity index (χ0n) is 21.9. The van der Waals surface area contributed by atoms with Crippen molar-refractivity contribution in [2.75, 3.05) is 30.8 Å². The van der Waals surface area contributed by atoms with E-state index in [1.54, 1.807) is 25.1 Å². The van der Waals surface area contributed by atoms with E-state index >= 15 is 0 Å². The van der Waals surface area contributed by atoms with Gasteiger partial charge in [0.05, 0.1) is 24.1 Å². The van der Waals surface area contributed by atoms with Gasteiger partial charge in [0, 0.05) is 24.5 Å².